The van der Waals surface area contributed by atoms with Crippen molar-refractivity contribution >= 4 is 51.2 Å². The van der Waals surface area contributed by atoms with Crippen molar-refractivity contribution in [1.29, 1.82) is 0 Å². The number of nitrogens with zero attached hydrogens (tertiary/aromatic N) is 1. The number of carbonyl (C=O) groups is 2. The lowest BCUT2D eigenvalue weighted by Gasteiger charge is -2.25. The molecule has 0 unspecified atom stereocenters. The van der Waals surface area contributed by atoms with E-state index < -0.39 is 5.97 Å². The number of likely N-dealkylation sites (N-methyl/N-ethyl adjacent to an activating group) is 1. The van der Waals surface area contributed by atoms with Gasteiger partial charge in [0.2, 0.25) is 5.91 Å². The molecule has 1 aliphatic rings. The molecule has 0 fully saturated rings. The number of nitrogens with one attached hydrogen (secondary N) is 1. The molecule has 3 heterocycles. The maximum Gasteiger partial charge on any atom is 0.341 e. The van der Waals surface area contributed by atoms with Crippen LogP contribution in [0.2, 0.25) is 4.34 Å². The SMILES string of the molecule is CCN1CCc2c(sc(NC(=O)Cc3ccc(Cl)s3)c2C(=O)OC)C1. The average molecular weight is 399 g/mol. The monoisotopic (exact) mass is 398 g/mol. The standard InChI is InChI=1S/C17H19ClN2O3S2/c1-3-20-7-6-11-12(9-20)25-16(15(11)17(22)23-2)19-14(21)8-10-4-5-13(18)24-10/h4-5H,3,6-9H2,1-2H3,(H,19,21). The van der Waals surface area contributed by atoms with Gasteiger partial charge in [0.15, 0.2) is 0 Å². The van der Waals surface area contributed by atoms with E-state index in [1.807, 2.05) is 6.07 Å². The molecule has 0 saturated heterocycles. The van der Waals surface area contributed by atoms with Gasteiger partial charge in [-0.25, -0.2) is 4.79 Å². The largest absolute Gasteiger partial charge is 0.465 e. The quantitative estimate of drug-likeness (QED) is 0.778. The lowest BCUT2D eigenvalue weighted by Crippen LogP contribution is -2.30. The number of carbonyl (C=O) groups excluding carboxylic acids is 2. The molecule has 5 nitrogen and oxygen atoms in total. The Kier molecular flexibility index (Phi) is 5.78. The summed E-state index contributed by atoms with van der Waals surface area (Å²) in [4.78, 5) is 29.0. The predicted molar refractivity (Wildman–Crippen MR) is 102 cm³/mol. The highest BCUT2D eigenvalue weighted by Gasteiger charge is 2.28. The minimum absolute atomic E-state index is 0.158. The lowest BCUT2D eigenvalue weighted by molar-refractivity contribution is -0.115. The Hall–Kier alpha value is -1.41. The fourth-order valence-electron chi connectivity index (χ4n) is 2.91. The highest BCUT2D eigenvalue weighted by atomic mass is 35.5. The highest BCUT2D eigenvalue weighted by molar-refractivity contribution is 7.17. The number of methoxy groups -OCH3 is 1. The van der Waals surface area contributed by atoms with E-state index >= 15 is 0 Å². The molecule has 0 aliphatic carbocycles. The third kappa shape index (κ3) is 4.06. The van der Waals surface area contributed by atoms with E-state index in [1.54, 1.807) is 6.07 Å². The van der Waals surface area contributed by atoms with Crippen LogP contribution in [0.5, 0.6) is 0 Å². The normalized spacial score (nSPS) is 14.2. The van der Waals surface area contributed by atoms with Crippen LogP contribution in [0.15, 0.2) is 12.1 Å². The number of rotatable bonds is 5. The Balaban J connectivity index is 1.83. The second-order valence-corrected chi connectivity index (χ2v) is 8.65. The minimum Gasteiger partial charge on any atom is -0.465 e. The van der Waals surface area contributed by atoms with E-state index in [0.29, 0.717) is 14.9 Å². The Morgan fingerprint density at radius 1 is 1.36 bits per heavy atom. The first kappa shape index (κ1) is 18.4. The minimum atomic E-state index is -0.392. The summed E-state index contributed by atoms with van der Waals surface area (Å²) in [5.74, 6) is -0.550. The first-order valence-corrected chi connectivity index (χ1v) is 10.0. The molecule has 1 aliphatic heterocycles. The van der Waals surface area contributed by atoms with Gasteiger partial charge in [0.1, 0.15) is 5.00 Å². The number of esters is 1. The topological polar surface area (TPSA) is 58.6 Å². The van der Waals surface area contributed by atoms with Crippen molar-refractivity contribution in [3.63, 3.8) is 0 Å². The average Bonchev–Trinajstić information content (AvgIpc) is 3.16. The van der Waals surface area contributed by atoms with E-state index in [-0.39, 0.29) is 12.3 Å². The predicted octanol–water partition coefficient (Wildman–Crippen LogP) is 3.81. The molecule has 134 valence electrons. The van der Waals surface area contributed by atoms with Gasteiger partial charge in [-0.3, -0.25) is 9.69 Å². The zero-order valence-electron chi connectivity index (χ0n) is 14.1. The molecular weight excluding hydrogens is 380 g/mol. The smallest absolute Gasteiger partial charge is 0.341 e. The van der Waals surface area contributed by atoms with Crippen LogP contribution in [0.4, 0.5) is 5.00 Å². The molecule has 0 atom stereocenters. The molecule has 2 aromatic rings. The van der Waals surface area contributed by atoms with E-state index in [2.05, 4.69) is 17.1 Å². The molecule has 25 heavy (non-hydrogen) atoms. The van der Waals surface area contributed by atoms with Gasteiger partial charge >= 0.3 is 5.97 Å². The number of fused-ring (bicyclic) bond motifs is 1. The molecule has 0 spiro atoms. The Bertz CT molecular complexity index is 800. The maximum absolute atomic E-state index is 12.4. The van der Waals surface area contributed by atoms with Gasteiger partial charge < -0.3 is 10.1 Å². The van der Waals surface area contributed by atoms with Crippen molar-refractivity contribution in [1.82, 2.24) is 4.90 Å². The molecule has 8 heteroatoms. The second-order valence-electron chi connectivity index (χ2n) is 5.75. The van der Waals surface area contributed by atoms with E-state index in [4.69, 9.17) is 16.3 Å². The first-order valence-electron chi connectivity index (χ1n) is 8.01. The summed E-state index contributed by atoms with van der Waals surface area (Å²) in [6.45, 7) is 4.79. The van der Waals surface area contributed by atoms with Gasteiger partial charge in [0.25, 0.3) is 0 Å². The Labute approximate surface area is 159 Å². The Morgan fingerprint density at radius 2 is 2.16 bits per heavy atom. The van der Waals surface area contributed by atoms with Crippen molar-refractivity contribution in [3.05, 3.63) is 37.4 Å². The van der Waals surface area contributed by atoms with Crippen LogP contribution in [0.1, 0.15) is 32.6 Å². The third-order valence-electron chi connectivity index (χ3n) is 4.19. The van der Waals surface area contributed by atoms with E-state index in [0.717, 1.165) is 41.4 Å². The van der Waals surface area contributed by atoms with Crippen molar-refractivity contribution in [3.8, 4) is 0 Å². The molecule has 1 N–H and O–H groups in total. The zero-order valence-corrected chi connectivity index (χ0v) is 16.4. The van der Waals surface area contributed by atoms with Crippen LogP contribution in [-0.4, -0.2) is 37.0 Å². The number of thiophene rings is 2. The van der Waals surface area contributed by atoms with Gasteiger partial charge in [0, 0.05) is 22.8 Å². The summed E-state index contributed by atoms with van der Waals surface area (Å²) in [7, 11) is 1.37. The Morgan fingerprint density at radius 3 is 2.80 bits per heavy atom. The van der Waals surface area contributed by atoms with Gasteiger partial charge in [-0.05, 0) is 30.7 Å². The van der Waals surface area contributed by atoms with E-state index in [9.17, 15) is 9.59 Å². The fourth-order valence-corrected chi connectivity index (χ4v) is 5.29. The molecule has 0 bridgehead atoms. The molecule has 0 radical (unpaired) electrons. The number of amides is 1. The maximum atomic E-state index is 12.4. The summed E-state index contributed by atoms with van der Waals surface area (Å²) in [6.07, 6.45) is 1.03. The molecular formula is C17H19ClN2O3S2. The third-order valence-corrected chi connectivity index (χ3v) is 6.55. The molecule has 2 aromatic heterocycles. The summed E-state index contributed by atoms with van der Waals surface area (Å²) in [5, 5.41) is 3.48. The van der Waals surface area contributed by atoms with Crippen LogP contribution in [0.3, 0.4) is 0 Å². The van der Waals surface area contributed by atoms with Gasteiger partial charge in [-0.1, -0.05) is 18.5 Å². The van der Waals surface area contributed by atoms with Gasteiger partial charge in [-0.2, -0.15) is 0 Å². The van der Waals surface area contributed by atoms with Crippen LogP contribution in [-0.2, 0) is 28.9 Å². The molecule has 1 amide bonds. The van der Waals surface area contributed by atoms with Crippen molar-refractivity contribution < 1.29 is 14.3 Å². The number of anilines is 1. The van der Waals surface area contributed by atoms with Crippen LogP contribution in [0.25, 0.3) is 0 Å². The number of hydrogen-bond acceptors (Lipinski definition) is 6. The van der Waals surface area contributed by atoms with E-state index in [1.165, 1.54) is 29.8 Å². The van der Waals surface area contributed by atoms with Gasteiger partial charge in [-0.15, -0.1) is 22.7 Å². The van der Waals surface area contributed by atoms with Gasteiger partial charge in [0.05, 0.1) is 23.4 Å². The van der Waals surface area contributed by atoms with Crippen LogP contribution >= 0.6 is 34.3 Å². The highest BCUT2D eigenvalue weighted by Crippen LogP contribution is 2.37. The second kappa shape index (κ2) is 7.86. The van der Waals surface area contributed by atoms with Crippen molar-refractivity contribution in [2.75, 3.05) is 25.5 Å². The van der Waals surface area contributed by atoms with Crippen LogP contribution in [0, 0.1) is 0 Å². The first-order chi connectivity index (χ1) is 12.0. The zero-order chi connectivity index (χ0) is 18.0. The number of hydrogen-bond donors (Lipinski definition) is 1. The number of ether oxygens (including phenoxy) is 1. The summed E-state index contributed by atoms with van der Waals surface area (Å²) in [6, 6.07) is 3.62. The lowest BCUT2D eigenvalue weighted by atomic mass is 10.0. The van der Waals surface area contributed by atoms with Crippen molar-refractivity contribution in [2.24, 2.45) is 0 Å². The molecule has 0 saturated carbocycles. The van der Waals surface area contributed by atoms with Crippen LogP contribution < -0.4 is 5.32 Å². The summed E-state index contributed by atoms with van der Waals surface area (Å²) < 4.78 is 5.60. The fraction of sp³-hybridized carbons (Fsp3) is 0.412. The molecule has 3 rings (SSSR count). The summed E-state index contributed by atoms with van der Waals surface area (Å²) >= 11 is 8.76. The summed E-state index contributed by atoms with van der Waals surface area (Å²) in [5.41, 5.74) is 1.52. The molecule has 0 aromatic carbocycles. The number of halogens is 1. The van der Waals surface area contributed by atoms with Crippen molar-refractivity contribution in [2.45, 2.75) is 26.3 Å².